The lowest BCUT2D eigenvalue weighted by Gasteiger charge is -2.26. The Bertz CT molecular complexity index is 1210. The van der Waals surface area contributed by atoms with E-state index in [1.165, 1.54) is 13.2 Å². The van der Waals surface area contributed by atoms with Crippen molar-refractivity contribution in [1.82, 2.24) is 15.4 Å². The van der Waals surface area contributed by atoms with E-state index in [-0.39, 0.29) is 16.8 Å². The molecule has 1 saturated carbocycles. The lowest BCUT2D eigenvalue weighted by Crippen LogP contribution is -2.41. The second-order valence-electron chi connectivity index (χ2n) is 9.51. The van der Waals surface area contributed by atoms with E-state index < -0.39 is 16.1 Å². The minimum absolute atomic E-state index is 0.0413. The molecule has 0 bridgehead atoms. The minimum Gasteiger partial charge on any atom is -0.496 e. The average molecular weight is 500 g/mol. The lowest BCUT2D eigenvalue weighted by molar-refractivity contribution is 0.0930. The van der Waals surface area contributed by atoms with Crippen LogP contribution in [0.4, 0.5) is 4.79 Å². The predicted molar refractivity (Wildman–Crippen MR) is 133 cm³/mol. The smallest absolute Gasteiger partial charge is 0.328 e. The van der Waals surface area contributed by atoms with Crippen LogP contribution in [0.25, 0.3) is 0 Å². The first-order valence-corrected chi connectivity index (χ1v) is 13.6. The van der Waals surface area contributed by atoms with Crippen molar-refractivity contribution in [2.75, 3.05) is 13.7 Å². The van der Waals surface area contributed by atoms with Gasteiger partial charge in [-0.2, -0.15) is 0 Å². The number of benzene rings is 2. The SMILES string of the molecule is COc1ccc(C)cc1C(=O)NC1CCc2ccc(S(=O)(=O)NC(=O)NCC3CCCC3)cc2C1. The number of hydrogen-bond donors (Lipinski definition) is 3. The highest BCUT2D eigenvalue weighted by Gasteiger charge is 2.25. The van der Waals surface area contributed by atoms with E-state index in [0.717, 1.165) is 55.2 Å². The fourth-order valence-corrected chi connectivity index (χ4v) is 5.93. The number of carbonyl (C=O) groups is 2. The second-order valence-corrected chi connectivity index (χ2v) is 11.2. The van der Waals surface area contributed by atoms with Gasteiger partial charge in [-0.25, -0.2) is 17.9 Å². The monoisotopic (exact) mass is 499 g/mol. The molecule has 0 aromatic heterocycles. The third-order valence-electron chi connectivity index (χ3n) is 6.90. The van der Waals surface area contributed by atoms with E-state index in [9.17, 15) is 18.0 Å². The number of methoxy groups -OCH3 is 1. The van der Waals surface area contributed by atoms with Crippen molar-refractivity contribution in [2.24, 2.45) is 5.92 Å². The topological polar surface area (TPSA) is 114 Å². The quantitative estimate of drug-likeness (QED) is 0.540. The number of ether oxygens (including phenoxy) is 1. The molecule has 2 aliphatic carbocycles. The van der Waals surface area contributed by atoms with Gasteiger partial charge in [-0.15, -0.1) is 0 Å². The highest BCUT2D eigenvalue weighted by atomic mass is 32.2. The molecule has 4 rings (SSSR count). The molecule has 8 nitrogen and oxygen atoms in total. The molecule has 0 radical (unpaired) electrons. The van der Waals surface area contributed by atoms with E-state index in [2.05, 4.69) is 15.4 Å². The Morgan fingerprint density at radius 1 is 1.03 bits per heavy atom. The van der Waals surface area contributed by atoms with E-state index in [0.29, 0.717) is 30.2 Å². The van der Waals surface area contributed by atoms with Gasteiger partial charge in [0.1, 0.15) is 5.75 Å². The number of nitrogens with one attached hydrogen (secondary N) is 3. The Morgan fingerprint density at radius 3 is 2.54 bits per heavy atom. The minimum atomic E-state index is -4.00. The van der Waals surface area contributed by atoms with Crippen molar-refractivity contribution in [3.05, 3.63) is 58.7 Å². The Hall–Kier alpha value is -3.07. The summed E-state index contributed by atoms with van der Waals surface area (Å²) in [5, 5.41) is 5.75. The Kier molecular flexibility index (Phi) is 7.64. The number of fused-ring (bicyclic) bond motifs is 1. The van der Waals surface area contributed by atoms with Gasteiger partial charge in [-0.05, 0) is 80.3 Å². The molecule has 0 saturated heterocycles. The summed E-state index contributed by atoms with van der Waals surface area (Å²) in [5.41, 5.74) is 3.34. The Morgan fingerprint density at radius 2 is 1.80 bits per heavy atom. The van der Waals surface area contributed by atoms with Crippen LogP contribution in [0.15, 0.2) is 41.3 Å². The molecule has 1 fully saturated rings. The molecule has 3 amide bonds. The van der Waals surface area contributed by atoms with Gasteiger partial charge in [0.05, 0.1) is 17.6 Å². The highest BCUT2D eigenvalue weighted by Crippen LogP contribution is 2.26. The van der Waals surface area contributed by atoms with Gasteiger partial charge >= 0.3 is 6.03 Å². The van der Waals surface area contributed by atoms with Gasteiger partial charge in [0.2, 0.25) is 0 Å². The summed E-state index contributed by atoms with van der Waals surface area (Å²) < 4.78 is 33.1. The van der Waals surface area contributed by atoms with Crippen LogP contribution in [-0.2, 0) is 22.9 Å². The van der Waals surface area contributed by atoms with Crippen molar-refractivity contribution in [1.29, 1.82) is 0 Å². The van der Waals surface area contributed by atoms with Gasteiger partial charge < -0.3 is 15.4 Å². The largest absolute Gasteiger partial charge is 0.496 e. The van der Waals surface area contributed by atoms with Crippen LogP contribution in [-0.4, -0.2) is 40.1 Å². The standard InChI is InChI=1S/C26H33N3O5S/c1-17-7-12-24(34-2)23(13-17)25(30)28-21-10-8-19-9-11-22(15-20(19)14-21)35(32,33)29-26(31)27-16-18-5-3-4-6-18/h7,9,11-13,15,18,21H,3-6,8,10,14,16H2,1-2H3,(H,28,30)(H2,27,29,31). The molecule has 9 heteroatoms. The normalized spacial score (nSPS) is 17.9. The van der Waals surface area contributed by atoms with Gasteiger partial charge in [0, 0.05) is 12.6 Å². The third kappa shape index (κ3) is 6.14. The summed E-state index contributed by atoms with van der Waals surface area (Å²) in [5.74, 6) is 0.706. The summed E-state index contributed by atoms with van der Waals surface area (Å²) in [6.07, 6.45) is 6.41. The highest BCUT2D eigenvalue weighted by molar-refractivity contribution is 7.90. The number of amides is 3. The summed E-state index contributed by atoms with van der Waals surface area (Å²) in [6, 6.07) is 9.54. The van der Waals surface area contributed by atoms with E-state index in [1.807, 2.05) is 13.0 Å². The van der Waals surface area contributed by atoms with Crippen molar-refractivity contribution in [3.8, 4) is 5.75 Å². The molecule has 188 valence electrons. The first kappa shape index (κ1) is 25.0. The maximum atomic E-state index is 12.9. The van der Waals surface area contributed by atoms with Crippen LogP contribution in [0, 0.1) is 12.8 Å². The van der Waals surface area contributed by atoms with Gasteiger partial charge in [0.15, 0.2) is 0 Å². The zero-order chi connectivity index (χ0) is 25.0. The van der Waals surface area contributed by atoms with Crippen molar-refractivity contribution in [3.63, 3.8) is 0 Å². The summed E-state index contributed by atoms with van der Waals surface area (Å²) >= 11 is 0. The zero-order valence-corrected chi connectivity index (χ0v) is 21.0. The molecule has 0 spiro atoms. The molecule has 0 heterocycles. The molecular formula is C26H33N3O5S. The molecular weight excluding hydrogens is 466 g/mol. The first-order valence-electron chi connectivity index (χ1n) is 12.1. The van der Waals surface area contributed by atoms with Crippen molar-refractivity contribution < 1.29 is 22.7 Å². The maximum Gasteiger partial charge on any atom is 0.328 e. The van der Waals surface area contributed by atoms with Crippen LogP contribution in [0.3, 0.4) is 0 Å². The zero-order valence-electron chi connectivity index (χ0n) is 20.2. The van der Waals surface area contributed by atoms with E-state index >= 15 is 0 Å². The van der Waals surface area contributed by atoms with Gasteiger partial charge in [-0.3, -0.25) is 4.79 Å². The molecule has 2 aromatic rings. The summed E-state index contributed by atoms with van der Waals surface area (Å²) in [7, 11) is -2.47. The van der Waals surface area contributed by atoms with Crippen LogP contribution in [0.2, 0.25) is 0 Å². The fourth-order valence-electron chi connectivity index (χ4n) is 4.95. The van der Waals surface area contributed by atoms with Crippen LogP contribution >= 0.6 is 0 Å². The Balaban J connectivity index is 1.41. The lowest BCUT2D eigenvalue weighted by atomic mass is 9.88. The molecule has 2 aliphatic rings. The van der Waals surface area contributed by atoms with Crippen LogP contribution < -0.4 is 20.1 Å². The maximum absolute atomic E-state index is 12.9. The molecule has 35 heavy (non-hydrogen) atoms. The number of carbonyl (C=O) groups excluding carboxylic acids is 2. The molecule has 1 unspecified atom stereocenters. The number of rotatable bonds is 7. The summed E-state index contributed by atoms with van der Waals surface area (Å²) in [6.45, 7) is 2.40. The van der Waals surface area contributed by atoms with E-state index in [1.54, 1.807) is 24.3 Å². The fraction of sp³-hybridized carbons (Fsp3) is 0.462. The first-order chi connectivity index (χ1) is 16.7. The predicted octanol–water partition coefficient (Wildman–Crippen LogP) is 3.47. The van der Waals surface area contributed by atoms with Crippen LogP contribution in [0.5, 0.6) is 5.75 Å². The third-order valence-corrected chi connectivity index (χ3v) is 8.23. The average Bonchev–Trinajstić information content (AvgIpc) is 3.36. The molecule has 1 atom stereocenters. The second kappa shape index (κ2) is 10.7. The van der Waals surface area contributed by atoms with Crippen LogP contribution in [0.1, 0.15) is 59.2 Å². The number of sulfonamides is 1. The molecule has 0 aliphatic heterocycles. The number of urea groups is 1. The van der Waals surface area contributed by atoms with Gasteiger partial charge in [-0.1, -0.05) is 30.5 Å². The van der Waals surface area contributed by atoms with Crippen molar-refractivity contribution >= 4 is 22.0 Å². The molecule has 2 aromatic carbocycles. The van der Waals surface area contributed by atoms with E-state index in [4.69, 9.17) is 4.74 Å². The Labute approximate surface area is 206 Å². The molecule has 3 N–H and O–H groups in total. The summed E-state index contributed by atoms with van der Waals surface area (Å²) in [4.78, 5) is 25.2. The number of hydrogen-bond acceptors (Lipinski definition) is 5. The van der Waals surface area contributed by atoms with Crippen molar-refractivity contribution in [2.45, 2.75) is 62.8 Å². The van der Waals surface area contributed by atoms with Gasteiger partial charge in [0.25, 0.3) is 15.9 Å². The number of aryl methyl sites for hydroxylation is 2.